The number of nitrogens with zero attached hydrogens (tertiary/aromatic N) is 3. The molecule has 0 amide bonds. The topological polar surface area (TPSA) is 64.4 Å². The van der Waals surface area contributed by atoms with Crippen LogP contribution in [0.2, 0.25) is 0 Å². The van der Waals surface area contributed by atoms with Crippen LogP contribution in [0.5, 0.6) is 0 Å². The van der Waals surface area contributed by atoms with E-state index in [-0.39, 0.29) is 24.4 Å². The van der Waals surface area contributed by atoms with Gasteiger partial charge >= 0.3 is 6.18 Å². The molecule has 3 aliphatic carbocycles. The summed E-state index contributed by atoms with van der Waals surface area (Å²) < 4.78 is 86.1. The van der Waals surface area contributed by atoms with Gasteiger partial charge < -0.3 is 4.74 Å². The lowest BCUT2D eigenvalue weighted by Gasteiger charge is -2.38. The number of ether oxygens (including phenoxy) is 1. The number of aromatic nitrogens is 2. The molecule has 11 heteroatoms. The first-order chi connectivity index (χ1) is 16.4. The number of alkyl halides is 3. The van der Waals surface area contributed by atoms with E-state index in [1.165, 1.54) is 19.2 Å². The van der Waals surface area contributed by atoms with Gasteiger partial charge in [0.15, 0.2) is 5.75 Å². The summed E-state index contributed by atoms with van der Waals surface area (Å²) in [6.45, 7) is 2.01. The monoisotopic (exact) mass is 513 g/mol. The lowest BCUT2D eigenvalue weighted by atomic mass is 9.67. The van der Waals surface area contributed by atoms with Crippen LogP contribution >= 0.6 is 0 Å². The Kier molecular flexibility index (Phi) is 5.69. The zero-order valence-electron chi connectivity index (χ0n) is 19.5. The molecule has 1 heterocycles. The van der Waals surface area contributed by atoms with Crippen molar-refractivity contribution in [2.75, 3.05) is 26.0 Å². The summed E-state index contributed by atoms with van der Waals surface area (Å²) in [4.78, 5) is 0. The van der Waals surface area contributed by atoms with E-state index in [0.717, 1.165) is 33.2 Å². The third kappa shape index (κ3) is 4.01. The molecule has 3 aliphatic rings. The van der Waals surface area contributed by atoms with E-state index >= 15 is 0 Å². The molecule has 5 rings (SSSR count). The van der Waals surface area contributed by atoms with Crippen molar-refractivity contribution in [2.45, 2.75) is 44.8 Å². The fourth-order valence-electron chi connectivity index (χ4n) is 6.25. The molecule has 3 atom stereocenters. The minimum absolute atomic E-state index is 0.0255. The smallest absolute Gasteiger partial charge is 0.383 e. The molecule has 190 valence electrons. The van der Waals surface area contributed by atoms with Crippen LogP contribution in [0.25, 0.3) is 11.8 Å². The molecule has 0 bridgehead atoms. The largest absolute Gasteiger partial charge is 0.404 e. The third-order valence-corrected chi connectivity index (χ3v) is 9.91. The van der Waals surface area contributed by atoms with E-state index in [2.05, 4.69) is 18.1 Å². The Morgan fingerprint density at radius 3 is 2.63 bits per heavy atom. The predicted molar refractivity (Wildman–Crippen MR) is 122 cm³/mol. The first kappa shape index (κ1) is 24.5. The molecule has 1 aromatic heterocycles. The number of rotatable bonds is 7. The third-order valence-electron chi connectivity index (χ3n) is 8.06. The number of fused-ring (bicyclic) bond motifs is 3. The molecule has 2 fully saturated rings. The Hall–Kier alpha value is -2.24. The van der Waals surface area contributed by atoms with Crippen molar-refractivity contribution < 1.29 is 30.7 Å². The van der Waals surface area contributed by atoms with Gasteiger partial charge in [0.05, 0.1) is 24.2 Å². The van der Waals surface area contributed by atoms with Gasteiger partial charge in [-0.25, -0.2) is 17.5 Å². The molecule has 0 aliphatic heterocycles. The van der Waals surface area contributed by atoms with Crippen LogP contribution in [0.4, 0.5) is 17.6 Å². The number of benzene rings is 1. The van der Waals surface area contributed by atoms with E-state index in [1.54, 1.807) is 23.0 Å². The Bertz CT molecular complexity index is 1270. The molecule has 35 heavy (non-hydrogen) atoms. The van der Waals surface area contributed by atoms with Gasteiger partial charge in [0, 0.05) is 25.1 Å². The molecular weight excluding hydrogens is 486 g/mol. The minimum Gasteiger partial charge on any atom is -0.383 e. The number of allylic oxidation sites excluding steroid dienone is 1. The maximum atomic E-state index is 13.4. The van der Waals surface area contributed by atoms with Crippen molar-refractivity contribution in [1.82, 2.24) is 14.1 Å². The van der Waals surface area contributed by atoms with Crippen molar-refractivity contribution >= 4 is 16.1 Å². The highest BCUT2D eigenvalue weighted by molar-refractivity contribution is 7.89. The molecule has 6 nitrogen and oxygen atoms in total. The quantitative estimate of drug-likeness (QED) is 0.517. The number of halogens is 4. The average Bonchev–Trinajstić information content (AvgIpc) is 3.24. The van der Waals surface area contributed by atoms with Gasteiger partial charge in [0.1, 0.15) is 5.82 Å². The second kappa shape index (κ2) is 8.14. The Morgan fingerprint density at radius 2 is 1.97 bits per heavy atom. The molecule has 0 radical (unpaired) electrons. The van der Waals surface area contributed by atoms with Crippen LogP contribution in [0.3, 0.4) is 0 Å². The Balaban J connectivity index is 1.46. The van der Waals surface area contributed by atoms with Crippen LogP contribution in [0.15, 0.2) is 36.0 Å². The summed E-state index contributed by atoms with van der Waals surface area (Å²) in [5.74, 6) is -2.21. The standard InChI is InChI=1S/C24H27F4N3O3S/c1-22-12-16-14-29-31(19-5-3-18(25)4-6-19)20(16)11-17(22)7-8-23(22)13-21(23)30(9-10-34-2)35(32,33)15-24(26,27)28/h3-6,11,14,21H,7-10,12-13,15H2,1-2H3/t21?,22-,23+/m0/s1. The SMILES string of the molecule is COCCN(C1C[C@]12CCC1=Cc3c(cnn3-c3ccc(F)cc3)C[C@@]12C)S(=O)(=O)CC(F)(F)F. The van der Waals surface area contributed by atoms with Gasteiger partial charge in [0.2, 0.25) is 10.0 Å². The fourth-order valence-corrected chi connectivity index (χ4v) is 7.85. The van der Waals surface area contributed by atoms with Gasteiger partial charge in [-0.3, -0.25) is 0 Å². The first-order valence-electron chi connectivity index (χ1n) is 11.5. The number of hydrogen-bond donors (Lipinski definition) is 0. The van der Waals surface area contributed by atoms with E-state index in [1.807, 2.05) is 0 Å². The summed E-state index contributed by atoms with van der Waals surface area (Å²) in [6, 6.07) is 5.55. The van der Waals surface area contributed by atoms with Crippen LogP contribution in [-0.4, -0.2) is 60.7 Å². The molecule has 2 aromatic rings. The van der Waals surface area contributed by atoms with Crippen LogP contribution in [0.1, 0.15) is 37.4 Å². The maximum Gasteiger partial charge on any atom is 0.404 e. The second-order valence-electron chi connectivity index (χ2n) is 9.97. The van der Waals surface area contributed by atoms with Crippen molar-refractivity contribution in [1.29, 1.82) is 0 Å². The zero-order chi connectivity index (χ0) is 25.2. The van der Waals surface area contributed by atoms with Crippen molar-refractivity contribution in [2.24, 2.45) is 10.8 Å². The van der Waals surface area contributed by atoms with Crippen LogP contribution < -0.4 is 0 Å². The molecule has 2 saturated carbocycles. The van der Waals surface area contributed by atoms with Gasteiger partial charge in [-0.05, 0) is 67.0 Å². The van der Waals surface area contributed by atoms with Gasteiger partial charge in [-0.15, -0.1) is 0 Å². The van der Waals surface area contributed by atoms with E-state index in [4.69, 9.17) is 4.74 Å². The zero-order valence-corrected chi connectivity index (χ0v) is 20.3. The number of hydrogen-bond acceptors (Lipinski definition) is 4. The summed E-state index contributed by atoms with van der Waals surface area (Å²) in [6.07, 6.45) is 1.60. The van der Waals surface area contributed by atoms with Crippen LogP contribution in [0, 0.1) is 16.6 Å². The normalized spacial score (nSPS) is 27.7. The molecule has 1 spiro atoms. The number of sulfonamides is 1. The van der Waals surface area contributed by atoms with E-state index in [0.29, 0.717) is 19.3 Å². The lowest BCUT2D eigenvalue weighted by molar-refractivity contribution is -0.107. The lowest BCUT2D eigenvalue weighted by Crippen LogP contribution is -2.45. The summed E-state index contributed by atoms with van der Waals surface area (Å²) in [7, 11) is -3.15. The second-order valence-corrected chi connectivity index (χ2v) is 11.9. The molecule has 1 aromatic carbocycles. The highest BCUT2D eigenvalue weighted by Crippen LogP contribution is 2.73. The molecule has 1 unspecified atom stereocenters. The summed E-state index contributed by atoms with van der Waals surface area (Å²) >= 11 is 0. The minimum atomic E-state index is -4.81. The maximum absolute atomic E-state index is 13.4. The summed E-state index contributed by atoms with van der Waals surface area (Å²) in [5.41, 5.74) is 2.94. The highest BCUT2D eigenvalue weighted by Gasteiger charge is 2.71. The average molecular weight is 514 g/mol. The van der Waals surface area contributed by atoms with E-state index in [9.17, 15) is 26.0 Å². The first-order valence-corrected chi connectivity index (χ1v) is 13.1. The molecule has 0 saturated heterocycles. The van der Waals surface area contributed by atoms with Gasteiger partial charge in [-0.1, -0.05) is 12.5 Å². The number of methoxy groups -OCH3 is 1. The van der Waals surface area contributed by atoms with E-state index < -0.39 is 33.4 Å². The highest BCUT2D eigenvalue weighted by atomic mass is 32.2. The molecular formula is C24H27F4N3O3S. The van der Waals surface area contributed by atoms with Crippen molar-refractivity contribution in [3.63, 3.8) is 0 Å². The van der Waals surface area contributed by atoms with Gasteiger partial charge in [-0.2, -0.15) is 22.6 Å². The molecule has 0 N–H and O–H groups in total. The van der Waals surface area contributed by atoms with Gasteiger partial charge in [0.25, 0.3) is 0 Å². The fraction of sp³-hybridized carbons (Fsp3) is 0.542. The van der Waals surface area contributed by atoms with Crippen molar-refractivity contribution in [3.05, 3.63) is 53.1 Å². The predicted octanol–water partition coefficient (Wildman–Crippen LogP) is 4.35. The Morgan fingerprint density at radius 1 is 1.26 bits per heavy atom. The Labute approximate surface area is 201 Å². The van der Waals surface area contributed by atoms with Crippen molar-refractivity contribution in [3.8, 4) is 5.69 Å². The van der Waals surface area contributed by atoms with Crippen LogP contribution in [-0.2, 0) is 21.2 Å². The summed E-state index contributed by atoms with van der Waals surface area (Å²) in [5, 5.41) is 4.50.